The number of amides is 1. The van der Waals surface area contributed by atoms with Gasteiger partial charge in [0.2, 0.25) is 0 Å². The van der Waals surface area contributed by atoms with Gasteiger partial charge in [-0.1, -0.05) is 6.07 Å². The van der Waals surface area contributed by atoms with Crippen LogP contribution in [0.5, 0.6) is 0 Å². The molecule has 5 rings (SSSR count). The standard InChI is InChI=1S/C24H29N5O2/c1-17-21(24(30)29-10-12-31-13-11-29)15-26-23(27-17)19-5-8-28(9-6-19)16-18-2-3-22-20(14-18)4-7-25-22/h2-4,7,14-15,19,25H,5-6,8-13,16H2,1H3. The minimum absolute atomic E-state index is 0.0153. The quantitative estimate of drug-likeness (QED) is 0.703. The van der Waals surface area contributed by atoms with E-state index in [1.807, 2.05) is 18.0 Å². The first-order valence-corrected chi connectivity index (χ1v) is 11.2. The first-order valence-electron chi connectivity index (χ1n) is 11.2. The molecule has 0 bridgehead atoms. The number of rotatable bonds is 4. The first kappa shape index (κ1) is 20.2. The van der Waals surface area contributed by atoms with Gasteiger partial charge in [0, 0.05) is 43.5 Å². The van der Waals surface area contributed by atoms with Crippen LogP contribution >= 0.6 is 0 Å². The van der Waals surface area contributed by atoms with Crippen molar-refractivity contribution in [1.29, 1.82) is 0 Å². The lowest BCUT2D eigenvalue weighted by Crippen LogP contribution is -2.41. The summed E-state index contributed by atoms with van der Waals surface area (Å²) in [5.74, 6) is 1.25. The number of H-pyrrole nitrogens is 1. The number of benzene rings is 1. The van der Waals surface area contributed by atoms with Crippen molar-refractivity contribution in [3.63, 3.8) is 0 Å². The van der Waals surface area contributed by atoms with E-state index in [1.54, 1.807) is 6.20 Å². The van der Waals surface area contributed by atoms with Crippen LogP contribution in [0.15, 0.2) is 36.7 Å². The summed E-state index contributed by atoms with van der Waals surface area (Å²) < 4.78 is 5.35. The van der Waals surface area contributed by atoms with Gasteiger partial charge < -0.3 is 14.6 Å². The maximum Gasteiger partial charge on any atom is 0.257 e. The highest BCUT2D eigenvalue weighted by Crippen LogP contribution is 2.27. The zero-order valence-corrected chi connectivity index (χ0v) is 18.0. The lowest BCUT2D eigenvalue weighted by atomic mass is 9.95. The second kappa shape index (κ2) is 8.77. The monoisotopic (exact) mass is 419 g/mol. The van der Waals surface area contributed by atoms with Crippen LogP contribution in [0.2, 0.25) is 0 Å². The second-order valence-corrected chi connectivity index (χ2v) is 8.58. The van der Waals surface area contributed by atoms with Gasteiger partial charge in [-0.25, -0.2) is 9.97 Å². The number of aromatic amines is 1. The van der Waals surface area contributed by atoms with Crippen LogP contribution in [0.3, 0.4) is 0 Å². The maximum absolute atomic E-state index is 12.8. The smallest absolute Gasteiger partial charge is 0.257 e. The summed E-state index contributed by atoms with van der Waals surface area (Å²) in [5, 5.41) is 1.27. The Bertz CT molecular complexity index is 1060. The van der Waals surface area contributed by atoms with Crippen molar-refractivity contribution in [3.8, 4) is 0 Å². The first-order chi connectivity index (χ1) is 15.2. The number of hydrogen-bond donors (Lipinski definition) is 1. The predicted octanol–water partition coefficient (Wildman–Crippen LogP) is 3.12. The fourth-order valence-corrected chi connectivity index (χ4v) is 4.64. The van der Waals surface area contributed by atoms with E-state index < -0.39 is 0 Å². The number of morpholine rings is 1. The fourth-order valence-electron chi connectivity index (χ4n) is 4.64. The third-order valence-electron chi connectivity index (χ3n) is 6.50. The number of carbonyl (C=O) groups is 1. The minimum Gasteiger partial charge on any atom is -0.378 e. The Labute approximate surface area is 182 Å². The van der Waals surface area contributed by atoms with Gasteiger partial charge in [0.25, 0.3) is 5.91 Å². The molecule has 31 heavy (non-hydrogen) atoms. The zero-order chi connectivity index (χ0) is 21.2. The van der Waals surface area contributed by atoms with Crippen LogP contribution in [-0.4, -0.2) is 70.1 Å². The van der Waals surface area contributed by atoms with Crippen molar-refractivity contribution in [1.82, 2.24) is 24.8 Å². The molecule has 162 valence electrons. The Hall–Kier alpha value is -2.77. The molecule has 0 radical (unpaired) electrons. The number of ether oxygens (including phenoxy) is 1. The maximum atomic E-state index is 12.8. The Morgan fingerprint density at radius 1 is 1.16 bits per heavy atom. The molecule has 2 aliphatic heterocycles. The highest BCUT2D eigenvalue weighted by atomic mass is 16.5. The Morgan fingerprint density at radius 2 is 1.97 bits per heavy atom. The highest BCUT2D eigenvalue weighted by Gasteiger charge is 2.25. The number of carbonyl (C=O) groups excluding carboxylic acids is 1. The average molecular weight is 420 g/mol. The molecule has 7 nitrogen and oxygen atoms in total. The van der Waals surface area contributed by atoms with E-state index in [-0.39, 0.29) is 5.91 Å². The van der Waals surface area contributed by atoms with Crippen molar-refractivity contribution in [2.75, 3.05) is 39.4 Å². The number of hydrogen-bond acceptors (Lipinski definition) is 5. The van der Waals surface area contributed by atoms with Gasteiger partial charge in [-0.05, 0) is 62.0 Å². The van der Waals surface area contributed by atoms with E-state index >= 15 is 0 Å². The van der Waals surface area contributed by atoms with Crippen molar-refractivity contribution in [2.45, 2.75) is 32.2 Å². The lowest BCUT2D eigenvalue weighted by molar-refractivity contribution is 0.0301. The third kappa shape index (κ3) is 4.34. The Balaban J connectivity index is 1.20. The molecular formula is C24H29N5O2. The molecule has 4 heterocycles. The van der Waals surface area contributed by atoms with Crippen LogP contribution in [0.25, 0.3) is 10.9 Å². The highest BCUT2D eigenvalue weighted by molar-refractivity contribution is 5.95. The van der Waals surface area contributed by atoms with Gasteiger partial charge >= 0.3 is 0 Å². The number of likely N-dealkylation sites (tertiary alicyclic amines) is 1. The molecule has 0 atom stereocenters. The molecule has 7 heteroatoms. The molecule has 0 aliphatic carbocycles. The number of fused-ring (bicyclic) bond motifs is 1. The number of piperidine rings is 1. The summed E-state index contributed by atoms with van der Waals surface area (Å²) >= 11 is 0. The van der Waals surface area contributed by atoms with Crippen LogP contribution in [0.4, 0.5) is 0 Å². The normalized spacial score (nSPS) is 18.5. The summed E-state index contributed by atoms with van der Waals surface area (Å²) in [5.41, 5.74) is 3.93. The van der Waals surface area contributed by atoms with Gasteiger partial charge in [0.05, 0.1) is 24.5 Å². The van der Waals surface area contributed by atoms with Crippen molar-refractivity contribution >= 4 is 16.8 Å². The molecule has 0 spiro atoms. The number of nitrogens with one attached hydrogen (secondary N) is 1. The predicted molar refractivity (Wildman–Crippen MR) is 119 cm³/mol. The molecule has 2 saturated heterocycles. The molecule has 0 saturated carbocycles. The molecule has 1 N–H and O–H groups in total. The van der Waals surface area contributed by atoms with Crippen LogP contribution in [0.1, 0.15) is 46.2 Å². The molecule has 1 amide bonds. The SMILES string of the molecule is Cc1nc(C2CCN(Cc3ccc4[nH]ccc4c3)CC2)ncc1C(=O)N1CCOCC1. The van der Waals surface area contributed by atoms with Crippen LogP contribution in [0, 0.1) is 6.92 Å². The van der Waals surface area contributed by atoms with E-state index in [1.165, 1.54) is 16.5 Å². The lowest BCUT2D eigenvalue weighted by Gasteiger charge is -2.31. The minimum atomic E-state index is 0.0153. The Morgan fingerprint density at radius 3 is 2.74 bits per heavy atom. The van der Waals surface area contributed by atoms with E-state index in [9.17, 15) is 4.79 Å². The Kier molecular flexibility index (Phi) is 5.70. The topological polar surface area (TPSA) is 74.4 Å². The number of aryl methyl sites for hydroxylation is 1. The summed E-state index contributed by atoms with van der Waals surface area (Å²) in [4.78, 5) is 29.7. The fraction of sp³-hybridized carbons (Fsp3) is 0.458. The molecular weight excluding hydrogens is 390 g/mol. The van der Waals surface area contributed by atoms with Gasteiger partial charge in [0.15, 0.2) is 0 Å². The van der Waals surface area contributed by atoms with Crippen molar-refractivity contribution < 1.29 is 9.53 Å². The summed E-state index contributed by atoms with van der Waals surface area (Å²) in [6.45, 7) is 7.43. The molecule has 2 aromatic heterocycles. The zero-order valence-electron chi connectivity index (χ0n) is 18.0. The van der Waals surface area contributed by atoms with Crippen LogP contribution < -0.4 is 0 Å². The van der Waals surface area contributed by atoms with Crippen molar-refractivity contribution in [2.24, 2.45) is 0 Å². The third-order valence-corrected chi connectivity index (χ3v) is 6.50. The summed E-state index contributed by atoms with van der Waals surface area (Å²) in [7, 11) is 0. The van der Waals surface area contributed by atoms with Crippen molar-refractivity contribution in [3.05, 3.63) is 59.3 Å². The van der Waals surface area contributed by atoms with Gasteiger partial charge in [-0.15, -0.1) is 0 Å². The largest absolute Gasteiger partial charge is 0.378 e. The summed E-state index contributed by atoms with van der Waals surface area (Å²) in [6.07, 6.45) is 5.81. The van der Waals surface area contributed by atoms with Gasteiger partial charge in [-0.2, -0.15) is 0 Å². The van der Waals surface area contributed by atoms with E-state index in [4.69, 9.17) is 9.72 Å². The molecule has 2 fully saturated rings. The average Bonchev–Trinajstić information content (AvgIpc) is 3.28. The number of nitrogens with zero attached hydrogens (tertiary/aromatic N) is 4. The molecule has 0 unspecified atom stereocenters. The second-order valence-electron chi connectivity index (χ2n) is 8.58. The summed E-state index contributed by atoms with van der Waals surface area (Å²) in [6, 6.07) is 8.77. The molecule has 3 aromatic rings. The van der Waals surface area contributed by atoms with Gasteiger partial charge in [-0.3, -0.25) is 9.69 Å². The van der Waals surface area contributed by atoms with E-state index in [0.29, 0.717) is 37.8 Å². The molecule has 2 aliphatic rings. The van der Waals surface area contributed by atoms with Gasteiger partial charge in [0.1, 0.15) is 5.82 Å². The number of aromatic nitrogens is 3. The molecule has 1 aromatic carbocycles. The van der Waals surface area contributed by atoms with E-state index in [2.05, 4.69) is 39.1 Å². The van der Waals surface area contributed by atoms with Crippen LogP contribution in [-0.2, 0) is 11.3 Å². The van der Waals surface area contributed by atoms with E-state index in [0.717, 1.165) is 44.0 Å².